The van der Waals surface area contributed by atoms with Crippen LogP contribution in [0.5, 0.6) is 0 Å². The lowest BCUT2D eigenvalue weighted by Gasteiger charge is -2.34. The molecule has 0 bridgehead atoms. The maximum absolute atomic E-state index is 12.4. The highest BCUT2D eigenvalue weighted by Gasteiger charge is 2.32. The van der Waals surface area contributed by atoms with Crippen LogP contribution in [0.3, 0.4) is 0 Å². The number of hydrogen-bond donors (Lipinski definition) is 0. The second-order valence-corrected chi connectivity index (χ2v) is 5.98. The fourth-order valence-electron chi connectivity index (χ4n) is 3.10. The summed E-state index contributed by atoms with van der Waals surface area (Å²) >= 11 is 0. The molecule has 1 amide bonds. The first kappa shape index (κ1) is 16.6. The van der Waals surface area contributed by atoms with E-state index in [-0.39, 0.29) is 23.8 Å². The van der Waals surface area contributed by atoms with Gasteiger partial charge < -0.3 is 14.4 Å². The minimum absolute atomic E-state index is 0.0122. The molecule has 1 aromatic rings. The Hall–Kier alpha value is -2.25. The number of nitro benzene ring substituents is 1. The van der Waals surface area contributed by atoms with Crippen molar-refractivity contribution in [2.75, 3.05) is 26.3 Å². The fourth-order valence-corrected chi connectivity index (χ4v) is 3.10. The molecule has 2 fully saturated rings. The zero-order valence-electron chi connectivity index (χ0n) is 13.3. The SMILES string of the molecule is O=C(/C=C/c1cccc([N+](=O)[O-])c1)N1CCCC(C2OCCO2)C1. The van der Waals surface area contributed by atoms with Gasteiger partial charge in [0.2, 0.25) is 5.91 Å². The van der Waals surface area contributed by atoms with Gasteiger partial charge >= 0.3 is 0 Å². The molecule has 0 saturated carbocycles. The molecule has 0 aliphatic carbocycles. The Bertz CT molecular complexity index is 640. The van der Waals surface area contributed by atoms with Crippen molar-refractivity contribution in [1.29, 1.82) is 0 Å². The van der Waals surface area contributed by atoms with Crippen molar-refractivity contribution in [2.45, 2.75) is 19.1 Å². The van der Waals surface area contributed by atoms with Gasteiger partial charge in [-0.05, 0) is 24.5 Å². The molecule has 7 heteroatoms. The zero-order valence-corrected chi connectivity index (χ0v) is 13.3. The molecule has 2 saturated heterocycles. The molecule has 0 aromatic heterocycles. The highest BCUT2D eigenvalue weighted by molar-refractivity contribution is 5.91. The van der Waals surface area contributed by atoms with Gasteiger partial charge in [0.05, 0.1) is 18.1 Å². The maximum Gasteiger partial charge on any atom is 0.270 e. The lowest BCUT2D eigenvalue weighted by atomic mass is 9.97. The summed E-state index contributed by atoms with van der Waals surface area (Å²) in [7, 11) is 0. The van der Waals surface area contributed by atoms with Crippen molar-refractivity contribution in [3.8, 4) is 0 Å². The molecule has 0 N–H and O–H groups in total. The molecule has 2 aliphatic heterocycles. The second kappa shape index (κ2) is 7.55. The topological polar surface area (TPSA) is 81.9 Å². The van der Waals surface area contributed by atoms with Gasteiger partial charge in [0, 0.05) is 37.2 Å². The van der Waals surface area contributed by atoms with E-state index in [9.17, 15) is 14.9 Å². The van der Waals surface area contributed by atoms with Crippen molar-refractivity contribution in [2.24, 2.45) is 5.92 Å². The van der Waals surface area contributed by atoms with Crippen LogP contribution in [-0.2, 0) is 14.3 Å². The lowest BCUT2D eigenvalue weighted by Crippen LogP contribution is -2.43. The smallest absolute Gasteiger partial charge is 0.270 e. The Labute approximate surface area is 140 Å². The van der Waals surface area contributed by atoms with E-state index in [1.807, 2.05) is 0 Å². The van der Waals surface area contributed by atoms with Crippen molar-refractivity contribution < 1.29 is 19.2 Å². The van der Waals surface area contributed by atoms with Crippen LogP contribution in [0, 0.1) is 16.0 Å². The molecule has 1 unspecified atom stereocenters. The van der Waals surface area contributed by atoms with Crippen molar-refractivity contribution >= 4 is 17.7 Å². The molecule has 2 aliphatic rings. The van der Waals surface area contributed by atoms with Crippen LogP contribution in [0.2, 0.25) is 0 Å². The normalized spacial score (nSPS) is 22.2. The van der Waals surface area contributed by atoms with Gasteiger partial charge in [-0.15, -0.1) is 0 Å². The van der Waals surface area contributed by atoms with Crippen LogP contribution >= 0.6 is 0 Å². The molecular weight excluding hydrogens is 312 g/mol. The number of carbonyl (C=O) groups excluding carboxylic acids is 1. The van der Waals surface area contributed by atoms with E-state index in [4.69, 9.17) is 9.47 Å². The number of benzene rings is 1. The minimum atomic E-state index is -0.448. The van der Waals surface area contributed by atoms with E-state index < -0.39 is 4.92 Å². The van der Waals surface area contributed by atoms with Crippen molar-refractivity contribution in [1.82, 2.24) is 4.90 Å². The van der Waals surface area contributed by atoms with Crippen LogP contribution in [-0.4, -0.2) is 48.3 Å². The zero-order chi connectivity index (χ0) is 16.9. The number of piperidine rings is 1. The molecule has 0 radical (unpaired) electrons. The predicted octanol–water partition coefficient (Wildman–Crippen LogP) is 2.22. The molecule has 1 aromatic carbocycles. The summed E-state index contributed by atoms with van der Waals surface area (Å²) in [6, 6.07) is 6.21. The van der Waals surface area contributed by atoms with E-state index in [1.165, 1.54) is 18.2 Å². The van der Waals surface area contributed by atoms with Crippen molar-refractivity contribution in [3.63, 3.8) is 0 Å². The molecule has 128 valence electrons. The van der Waals surface area contributed by atoms with E-state index in [0.717, 1.165) is 12.8 Å². The third kappa shape index (κ3) is 3.98. The molecule has 1 atom stereocenters. The number of hydrogen-bond acceptors (Lipinski definition) is 5. The fraction of sp³-hybridized carbons (Fsp3) is 0.471. The number of non-ortho nitro benzene ring substituents is 1. The standard InChI is InChI=1S/C17H20N2O5/c20-16(7-6-13-3-1-5-15(11-13)19(21)22)18-8-2-4-14(12-18)17-23-9-10-24-17/h1,3,5-7,11,14,17H,2,4,8-10,12H2/b7-6+. The molecule has 3 rings (SSSR count). The van der Waals surface area contributed by atoms with Gasteiger partial charge in [0.15, 0.2) is 6.29 Å². The second-order valence-electron chi connectivity index (χ2n) is 5.98. The number of nitro groups is 1. The average molecular weight is 332 g/mol. The number of ether oxygens (including phenoxy) is 2. The molecule has 7 nitrogen and oxygen atoms in total. The number of rotatable bonds is 4. The third-order valence-corrected chi connectivity index (χ3v) is 4.30. The summed E-state index contributed by atoms with van der Waals surface area (Å²) < 4.78 is 11.1. The van der Waals surface area contributed by atoms with Crippen LogP contribution in [0.1, 0.15) is 18.4 Å². The van der Waals surface area contributed by atoms with Gasteiger partial charge in [-0.25, -0.2) is 0 Å². The Morgan fingerprint density at radius 1 is 1.33 bits per heavy atom. The van der Waals surface area contributed by atoms with E-state index in [0.29, 0.717) is 31.9 Å². The summed E-state index contributed by atoms with van der Waals surface area (Å²) in [5, 5.41) is 10.8. The Balaban J connectivity index is 1.61. The summed E-state index contributed by atoms with van der Waals surface area (Å²) in [5.74, 6) is 0.112. The third-order valence-electron chi connectivity index (χ3n) is 4.30. The van der Waals surface area contributed by atoms with Crippen molar-refractivity contribution in [3.05, 3.63) is 46.0 Å². The Morgan fingerprint density at radius 2 is 2.12 bits per heavy atom. The molecule has 2 heterocycles. The van der Waals surface area contributed by atoms with Gasteiger partial charge in [0.1, 0.15) is 0 Å². The number of likely N-dealkylation sites (tertiary alicyclic amines) is 1. The van der Waals surface area contributed by atoms with Crippen LogP contribution in [0.15, 0.2) is 30.3 Å². The molecular formula is C17H20N2O5. The number of nitrogens with zero attached hydrogens (tertiary/aromatic N) is 2. The summed E-state index contributed by atoms with van der Waals surface area (Å²) in [5.41, 5.74) is 0.645. The summed E-state index contributed by atoms with van der Waals surface area (Å²) in [6.45, 7) is 2.55. The lowest BCUT2D eigenvalue weighted by molar-refractivity contribution is -0.384. The quantitative estimate of drug-likeness (QED) is 0.480. The average Bonchev–Trinajstić information content (AvgIpc) is 3.15. The first-order valence-corrected chi connectivity index (χ1v) is 8.08. The monoisotopic (exact) mass is 332 g/mol. The van der Waals surface area contributed by atoms with Gasteiger partial charge in [-0.2, -0.15) is 0 Å². The van der Waals surface area contributed by atoms with Crippen LogP contribution < -0.4 is 0 Å². The van der Waals surface area contributed by atoms with Gasteiger partial charge in [-0.1, -0.05) is 12.1 Å². The van der Waals surface area contributed by atoms with E-state index >= 15 is 0 Å². The largest absolute Gasteiger partial charge is 0.350 e. The number of amides is 1. The first-order chi connectivity index (χ1) is 11.6. The van der Waals surface area contributed by atoms with Crippen LogP contribution in [0.25, 0.3) is 6.08 Å². The minimum Gasteiger partial charge on any atom is -0.350 e. The highest BCUT2D eigenvalue weighted by Crippen LogP contribution is 2.25. The van der Waals surface area contributed by atoms with Gasteiger partial charge in [-0.3, -0.25) is 14.9 Å². The predicted molar refractivity (Wildman–Crippen MR) is 87.1 cm³/mol. The van der Waals surface area contributed by atoms with Crippen LogP contribution in [0.4, 0.5) is 5.69 Å². The first-order valence-electron chi connectivity index (χ1n) is 8.08. The van der Waals surface area contributed by atoms with Gasteiger partial charge in [0.25, 0.3) is 5.69 Å². The molecule has 0 spiro atoms. The van der Waals surface area contributed by atoms with E-state index in [1.54, 1.807) is 23.1 Å². The van der Waals surface area contributed by atoms with E-state index in [2.05, 4.69) is 0 Å². The summed E-state index contributed by atoms with van der Waals surface area (Å²) in [4.78, 5) is 24.5. The molecule has 24 heavy (non-hydrogen) atoms. The highest BCUT2D eigenvalue weighted by atomic mass is 16.7. The Morgan fingerprint density at radius 3 is 2.88 bits per heavy atom. The summed E-state index contributed by atoms with van der Waals surface area (Å²) in [6.07, 6.45) is 4.79. The maximum atomic E-state index is 12.4. The Kier molecular flexibility index (Phi) is 5.22. The number of carbonyl (C=O) groups is 1.